The number of hydrogen-bond donors (Lipinski definition) is 2. The number of halogens is 1. The summed E-state index contributed by atoms with van der Waals surface area (Å²) in [6.07, 6.45) is 0. The van der Waals surface area contributed by atoms with Crippen LogP contribution >= 0.6 is 12.4 Å². The minimum atomic E-state index is -0.833. The van der Waals surface area contributed by atoms with Gasteiger partial charge in [0.2, 0.25) is 0 Å². The Labute approximate surface area is 77.3 Å². The Balaban J connectivity index is -0.000000142. The van der Waals surface area contributed by atoms with E-state index < -0.39 is 5.97 Å². The molecule has 0 aliphatic heterocycles. The molecule has 0 saturated heterocycles. The predicted molar refractivity (Wildman–Crippen MR) is 46.2 cm³/mol. The molecule has 0 radical (unpaired) electrons. The van der Waals surface area contributed by atoms with Crippen molar-refractivity contribution in [1.29, 1.82) is 0 Å². The predicted octanol–water partition coefficient (Wildman–Crippen LogP) is 0.0209. The minimum absolute atomic E-state index is 0. The van der Waals surface area contributed by atoms with Gasteiger partial charge in [0, 0.05) is 6.92 Å². The van der Waals surface area contributed by atoms with Crippen LogP contribution in [0.5, 0.6) is 0 Å². The molecule has 0 aromatic rings. The van der Waals surface area contributed by atoms with E-state index in [2.05, 4.69) is 4.74 Å². The first kappa shape index (κ1) is 17.3. The summed E-state index contributed by atoms with van der Waals surface area (Å²) >= 11 is 0. The van der Waals surface area contributed by atoms with E-state index in [4.69, 9.17) is 15.6 Å². The molecule has 3 N–H and O–H groups in total. The number of carbonyl (C=O) groups is 2. The van der Waals surface area contributed by atoms with Crippen LogP contribution in [-0.4, -0.2) is 30.2 Å². The van der Waals surface area contributed by atoms with Gasteiger partial charge in [0.1, 0.15) is 0 Å². The SMILES string of the molecule is CC(=O)O.CCOC(=O)CN.Cl. The fourth-order valence-electron chi connectivity index (χ4n) is 0.220. The summed E-state index contributed by atoms with van der Waals surface area (Å²) in [4.78, 5) is 19.1. The number of carboxylic acid groups (broad SMARTS) is 1. The minimum Gasteiger partial charge on any atom is -0.481 e. The normalized spacial score (nSPS) is 6.92. The van der Waals surface area contributed by atoms with Gasteiger partial charge in [-0.25, -0.2) is 0 Å². The average molecular weight is 200 g/mol. The third kappa shape index (κ3) is 35.1. The van der Waals surface area contributed by atoms with E-state index in [9.17, 15) is 4.79 Å². The number of nitrogens with two attached hydrogens (primary N) is 1. The lowest BCUT2D eigenvalue weighted by Crippen LogP contribution is -2.16. The van der Waals surface area contributed by atoms with Crippen molar-refractivity contribution in [3.63, 3.8) is 0 Å². The molecule has 0 aliphatic carbocycles. The Kier molecular flexibility index (Phi) is 18.5. The van der Waals surface area contributed by atoms with Crippen LogP contribution < -0.4 is 5.73 Å². The fraction of sp³-hybridized carbons (Fsp3) is 0.667. The Hall–Kier alpha value is -0.810. The summed E-state index contributed by atoms with van der Waals surface area (Å²) in [5.74, 6) is -1.18. The van der Waals surface area contributed by atoms with Crippen molar-refractivity contribution in [2.75, 3.05) is 13.2 Å². The molecule has 0 unspecified atom stereocenters. The summed E-state index contributed by atoms with van der Waals surface area (Å²) in [5, 5.41) is 7.42. The van der Waals surface area contributed by atoms with E-state index in [-0.39, 0.29) is 24.9 Å². The van der Waals surface area contributed by atoms with Crippen molar-refractivity contribution in [3.8, 4) is 0 Å². The largest absolute Gasteiger partial charge is 0.481 e. The molecule has 0 aliphatic rings. The Bertz CT molecular complexity index is 125. The molecular formula is C6H14ClNO4. The molecule has 0 heterocycles. The molecular weight excluding hydrogens is 186 g/mol. The van der Waals surface area contributed by atoms with Crippen molar-refractivity contribution in [2.24, 2.45) is 5.73 Å². The van der Waals surface area contributed by atoms with E-state index in [0.29, 0.717) is 6.61 Å². The van der Waals surface area contributed by atoms with Gasteiger partial charge in [0.25, 0.3) is 5.97 Å². The van der Waals surface area contributed by atoms with Crippen LogP contribution in [0.2, 0.25) is 0 Å². The van der Waals surface area contributed by atoms with Gasteiger partial charge in [-0.3, -0.25) is 9.59 Å². The van der Waals surface area contributed by atoms with Crippen LogP contribution in [0, 0.1) is 0 Å². The first-order valence-corrected chi connectivity index (χ1v) is 3.09. The molecule has 0 spiro atoms. The Morgan fingerprint density at radius 3 is 1.92 bits per heavy atom. The van der Waals surface area contributed by atoms with E-state index >= 15 is 0 Å². The van der Waals surface area contributed by atoms with Crippen LogP contribution in [0.1, 0.15) is 13.8 Å². The first-order valence-electron chi connectivity index (χ1n) is 3.09. The summed E-state index contributed by atoms with van der Waals surface area (Å²) in [7, 11) is 0. The maximum atomic E-state index is 10.1. The highest BCUT2D eigenvalue weighted by atomic mass is 35.5. The molecule has 0 fully saturated rings. The van der Waals surface area contributed by atoms with Gasteiger partial charge in [-0.1, -0.05) is 0 Å². The van der Waals surface area contributed by atoms with Gasteiger partial charge >= 0.3 is 5.97 Å². The maximum absolute atomic E-state index is 10.1. The quantitative estimate of drug-likeness (QED) is 0.612. The molecule has 0 aromatic carbocycles. The first-order chi connectivity index (χ1) is 5.04. The summed E-state index contributed by atoms with van der Waals surface area (Å²) in [5.41, 5.74) is 4.88. The van der Waals surface area contributed by atoms with Gasteiger partial charge in [-0.05, 0) is 6.92 Å². The van der Waals surface area contributed by atoms with Crippen molar-refractivity contribution in [3.05, 3.63) is 0 Å². The molecule has 0 atom stereocenters. The van der Waals surface area contributed by atoms with Crippen molar-refractivity contribution >= 4 is 24.3 Å². The molecule has 0 rings (SSSR count). The lowest BCUT2D eigenvalue weighted by atomic mass is 10.7. The second-order valence-corrected chi connectivity index (χ2v) is 1.53. The van der Waals surface area contributed by atoms with E-state index in [1.165, 1.54) is 0 Å². The number of hydrogen-bond acceptors (Lipinski definition) is 4. The van der Waals surface area contributed by atoms with Crippen LogP contribution in [0.4, 0.5) is 0 Å². The van der Waals surface area contributed by atoms with Crippen molar-refractivity contribution in [2.45, 2.75) is 13.8 Å². The number of rotatable bonds is 2. The second kappa shape index (κ2) is 12.8. The van der Waals surface area contributed by atoms with Crippen LogP contribution in [0.25, 0.3) is 0 Å². The standard InChI is InChI=1S/C4H9NO2.C2H4O2.ClH/c1-2-7-4(6)3-5;1-2(3)4;/h2-3,5H2,1H3;1H3,(H,3,4);1H. The van der Waals surface area contributed by atoms with Crippen LogP contribution in [0.15, 0.2) is 0 Å². The zero-order valence-corrected chi connectivity index (χ0v) is 7.89. The highest BCUT2D eigenvalue weighted by molar-refractivity contribution is 5.85. The van der Waals surface area contributed by atoms with Gasteiger partial charge in [0.15, 0.2) is 0 Å². The molecule has 6 heteroatoms. The van der Waals surface area contributed by atoms with Gasteiger partial charge < -0.3 is 15.6 Å². The summed E-state index contributed by atoms with van der Waals surface area (Å²) in [6, 6.07) is 0. The molecule has 5 nitrogen and oxygen atoms in total. The Morgan fingerprint density at radius 1 is 1.50 bits per heavy atom. The third-order valence-corrected chi connectivity index (χ3v) is 0.472. The maximum Gasteiger partial charge on any atom is 0.319 e. The summed E-state index contributed by atoms with van der Waals surface area (Å²) < 4.78 is 4.43. The molecule has 0 bridgehead atoms. The molecule has 12 heavy (non-hydrogen) atoms. The number of esters is 1. The monoisotopic (exact) mass is 199 g/mol. The molecule has 0 aromatic heterocycles. The zero-order chi connectivity index (χ0) is 9.28. The zero-order valence-electron chi connectivity index (χ0n) is 7.07. The average Bonchev–Trinajstić information content (AvgIpc) is 1.87. The van der Waals surface area contributed by atoms with Crippen molar-refractivity contribution in [1.82, 2.24) is 0 Å². The van der Waals surface area contributed by atoms with Crippen LogP contribution in [-0.2, 0) is 14.3 Å². The van der Waals surface area contributed by atoms with Gasteiger partial charge in [-0.15, -0.1) is 12.4 Å². The van der Waals surface area contributed by atoms with Gasteiger partial charge in [0.05, 0.1) is 13.2 Å². The molecule has 0 saturated carbocycles. The fourth-order valence-corrected chi connectivity index (χ4v) is 0.220. The topological polar surface area (TPSA) is 89.6 Å². The number of ether oxygens (including phenoxy) is 1. The number of carbonyl (C=O) groups excluding carboxylic acids is 1. The molecule has 74 valence electrons. The summed E-state index contributed by atoms with van der Waals surface area (Å²) in [6.45, 7) is 3.22. The lowest BCUT2D eigenvalue weighted by Gasteiger charge is -1.93. The third-order valence-electron chi connectivity index (χ3n) is 0.472. The number of aliphatic carboxylic acids is 1. The highest BCUT2D eigenvalue weighted by Crippen LogP contribution is 1.69. The Morgan fingerprint density at radius 2 is 1.83 bits per heavy atom. The van der Waals surface area contributed by atoms with Crippen molar-refractivity contribution < 1.29 is 19.4 Å². The highest BCUT2D eigenvalue weighted by Gasteiger charge is 1.91. The smallest absolute Gasteiger partial charge is 0.319 e. The van der Waals surface area contributed by atoms with E-state index in [0.717, 1.165) is 6.92 Å². The van der Waals surface area contributed by atoms with Crippen LogP contribution in [0.3, 0.4) is 0 Å². The van der Waals surface area contributed by atoms with E-state index in [1.54, 1.807) is 6.92 Å². The van der Waals surface area contributed by atoms with E-state index in [1.807, 2.05) is 0 Å². The molecule has 0 amide bonds. The lowest BCUT2D eigenvalue weighted by molar-refractivity contribution is -0.141. The number of carboxylic acids is 1. The second-order valence-electron chi connectivity index (χ2n) is 1.53. The van der Waals surface area contributed by atoms with Gasteiger partial charge in [-0.2, -0.15) is 0 Å².